The predicted octanol–water partition coefficient (Wildman–Crippen LogP) is 4.60. The van der Waals surface area contributed by atoms with Crippen LogP contribution in [0.1, 0.15) is 82.6 Å². The lowest BCUT2D eigenvalue weighted by atomic mass is 10.1. The summed E-state index contributed by atoms with van der Waals surface area (Å²) in [5, 5.41) is 18.1. The van der Waals surface area contributed by atoms with Crippen molar-refractivity contribution in [2.24, 2.45) is 0 Å². The third kappa shape index (κ3) is 5.21. The number of likely N-dealkylation sites (tertiary alicyclic amines) is 1. The Hall–Kier alpha value is -3.94. The van der Waals surface area contributed by atoms with E-state index in [0.717, 1.165) is 49.9 Å². The van der Waals surface area contributed by atoms with Crippen LogP contribution in [0.5, 0.6) is 0 Å². The number of aryl methyl sites for hydroxylation is 1. The van der Waals surface area contributed by atoms with E-state index in [1.165, 1.54) is 0 Å². The molecular formula is C27H34N8O3. The van der Waals surface area contributed by atoms with Gasteiger partial charge in [-0.25, -0.2) is 9.78 Å². The van der Waals surface area contributed by atoms with E-state index in [4.69, 9.17) is 14.8 Å². The minimum absolute atomic E-state index is 0.0390. The first-order valence-corrected chi connectivity index (χ1v) is 13.3. The van der Waals surface area contributed by atoms with E-state index in [2.05, 4.69) is 10.3 Å². The van der Waals surface area contributed by atoms with Crippen molar-refractivity contribution in [3.8, 4) is 6.07 Å². The molecule has 5 rings (SSSR count). The molecule has 2 fully saturated rings. The molecule has 3 aromatic heterocycles. The molecule has 11 nitrogen and oxygen atoms in total. The number of aromatic nitrogens is 5. The van der Waals surface area contributed by atoms with Gasteiger partial charge in [-0.3, -0.25) is 14.0 Å². The third-order valence-corrected chi connectivity index (χ3v) is 7.24. The smallest absolute Gasteiger partial charge is 0.410 e. The Morgan fingerprint density at radius 3 is 2.53 bits per heavy atom. The van der Waals surface area contributed by atoms with Gasteiger partial charge in [0.05, 0.1) is 17.4 Å². The molecular weight excluding hydrogens is 484 g/mol. The highest BCUT2D eigenvalue weighted by Gasteiger charge is 2.28. The summed E-state index contributed by atoms with van der Waals surface area (Å²) < 4.78 is 9.13. The highest BCUT2D eigenvalue weighted by atomic mass is 16.6. The second-order valence-corrected chi connectivity index (χ2v) is 11.2. The summed E-state index contributed by atoms with van der Waals surface area (Å²) in [5.41, 5.74) is 1.43. The Labute approximate surface area is 221 Å². The number of ether oxygens (including phenoxy) is 1. The Kier molecular flexibility index (Phi) is 6.82. The van der Waals surface area contributed by atoms with Crippen molar-refractivity contribution in [2.75, 3.05) is 18.4 Å². The van der Waals surface area contributed by atoms with Crippen LogP contribution in [0.25, 0.3) is 11.0 Å². The third-order valence-electron chi connectivity index (χ3n) is 7.24. The van der Waals surface area contributed by atoms with Gasteiger partial charge in [0, 0.05) is 36.9 Å². The fraction of sp³-hybridized carbons (Fsp3) is 0.556. The van der Waals surface area contributed by atoms with Gasteiger partial charge in [-0.15, -0.1) is 0 Å². The molecule has 0 aromatic carbocycles. The van der Waals surface area contributed by atoms with E-state index < -0.39 is 5.60 Å². The molecule has 1 saturated carbocycles. The second kappa shape index (κ2) is 10.1. The Morgan fingerprint density at radius 1 is 1.16 bits per heavy atom. The van der Waals surface area contributed by atoms with Gasteiger partial charge in [-0.1, -0.05) is 12.8 Å². The molecule has 1 N–H and O–H groups in total. The summed E-state index contributed by atoms with van der Waals surface area (Å²) in [6.45, 7) is 8.75. The zero-order valence-corrected chi connectivity index (χ0v) is 22.4. The number of anilines is 2. The van der Waals surface area contributed by atoms with Gasteiger partial charge in [0.25, 0.3) is 5.56 Å². The number of amides is 1. The maximum atomic E-state index is 13.1. The molecule has 11 heteroatoms. The largest absolute Gasteiger partial charge is 0.444 e. The van der Waals surface area contributed by atoms with Crippen molar-refractivity contribution < 1.29 is 9.53 Å². The van der Waals surface area contributed by atoms with Crippen LogP contribution in [0.3, 0.4) is 0 Å². The lowest BCUT2D eigenvalue weighted by Crippen LogP contribution is -2.42. The first-order chi connectivity index (χ1) is 18.1. The van der Waals surface area contributed by atoms with Crippen LogP contribution in [-0.4, -0.2) is 54.0 Å². The average molecular weight is 519 g/mol. The van der Waals surface area contributed by atoms with Gasteiger partial charge in [-0.2, -0.15) is 15.3 Å². The summed E-state index contributed by atoms with van der Waals surface area (Å²) in [6, 6.07) is 3.79. The number of hydrogen-bond donors (Lipinski definition) is 1. The van der Waals surface area contributed by atoms with Gasteiger partial charge in [0.1, 0.15) is 22.9 Å². The number of nitriles is 1. The van der Waals surface area contributed by atoms with E-state index >= 15 is 0 Å². The summed E-state index contributed by atoms with van der Waals surface area (Å²) >= 11 is 0. The molecule has 4 heterocycles. The lowest BCUT2D eigenvalue weighted by Gasteiger charge is -2.33. The highest BCUT2D eigenvalue weighted by Crippen LogP contribution is 2.31. The van der Waals surface area contributed by atoms with Crippen LogP contribution < -0.4 is 10.9 Å². The van der Waals surface area contributed by atoms with Crippen molar-refractivity contribution in [3.05, 3.63) is 40.1 Å². The number of carbonyl (C=O) groups excluding carboxylic acids is 1. The number of fused-ring (bicyclic) bond motifs is 1. The van der Waals surface area contributed by atoms with Gasteiger partial charge in [0.2, 0.25) is 5.95 Å². The minimum Gasteiger partial charge on any atom is -0.444 e. The molecule has 0 unspecified atom stereocenters. The number of nitrogens with one attached hydrogen (secondary N) is 1. The Balaban J connectivity index is 1.34. The van der Waals surface area contributed by atoms with Crippen LogP contribution >= 0.6 is 0 Å². The first-order valence-electron chi connectivity index (χ1n) is 13.3. The molecule has 1 aliphatic carbocycles. The summed E-state index contributed by atoms with van der Waals surface area (Å²) in [6.07, 6.45) is 8.79. The summed E-state index contributed by atoms with van der Waals surface area (Å²) in [5.74, 6) is 0.371. The van der Waals surface area contributed by atoms with Crippen molar-refractivity contribution in [1.29, 1.82) is 5.26 Å². The van der Waals surface area contributed by atoms with Crippen LogP contribution in [0.4, 0.5) is 16.4 Å². The molecule has 38 heavy (non-hydrogen) atoms. The average Bonchev–Trinajstić information content (AvgIpc) is 3.53. The molecule has 0 atom stereocenters. The van der Waals surface area contributed by atoms with Gasteiger partial charge < -0.3 is 15.0 Å². The molecule has 2 aliphatic rings. The highest BCUT2D eigenvalue weighted by molar-refractivity contribution is 5.77. The zero-order valence-electron chi connectivity index (χ0n) is 22.4. The molecule has 1 saturated heterocycles. The number of nitrogens with zero attached hydrogens (tertiary/aromatic N) is 7. The quantitative estimate of drug-likeness (QED) is 0.530. The number of pyridine rings is 1. The second-order valence-electron chi connectivity index (χ2n) is 11.2. The molecule has 200 valence electrons. The molecule has 3 aromatic rings. The van der Waals surface area contributed by atoms with Crippen molar-refractivity contribution in [2.45, 2.75) is 83.9 Å². The standard InChI is InChI=1S/C27H34N8O3/c1-17-22(16-34(32-17)20-9-11-33(12-10-20)26(37)38-27(2,3)4)30-25-29-15-19-13-18(14-28)24(36)35(23(19)31-25)21-7-5-6-8-21/h13,15-16,20-21H,5-12H2,1-4H3,(H,29,30,31). The number of hydrogen-bond acceptors (Lipinski definition) is 8. The van der Waals surface area contributed by atoms with Crippen molar-refractivity contribution in [1.82, 2.24) is 29.2 Å². The summed E-state index contributed by atoms with van der Waals surface area (Å²) in [4.78, 5) is 36.4. The van der Waals surface area contributed by atoms with Crippen LogP contribution in [0.15, 0.2) is 23.3 Å². The minimum atomic E-state index is -0.512. The van der Waals surface area contributed by atoms with E-state index in [1.807, 2.05) is 44.6 Å². The lowest BCUT2D eigenvalue weighted by molar-refractivity contribution is 0.0184. The molecule has 1 amide bonds. The van der Waals surface area contributed by atoms with Gasteiger partial charge >= 0.3 is 6.09 Å². The van der Waals surface area contributed by atoms with E-state index in [1.54, 1.807) is 21.7 Å². The van der Waals surface area contributed by atoms with Crippen LogP contribution in [0, 0.1) is 18.3 Å². The predicted molar refractivity (Wildman–Crippen MR) is 142 cm³/mol. The van der Waals surface area contributed by atoms with Crippen LogP contribution in [-0.2, 0) is 4.74 Å². The SMILES string of the molecule is Cc1nn(C2CCN(C(=O)OC(C)(C)C)CC2)cc1Nc1ncc2cc(C#N)c(=O)n(C3CCCC3)c2n1. The Bertz CT molecular complexity index is 1450. The van der Waals surface area contributed by atoms with E-state index in [0.29, 0.717) is 30.1 Å². The maximum absolute atomic E-state index is 13.1. The first kappa shape index (κ1) is 25.7. The number of rotatable bonds is 4. The molecule has 1 aliphatic heterocycles. The van der Waals surface area contributed by atoms with Crippen LogP contribution in [0.2, 0.25) is 0 Å². The molecule has 0 radical (unpaired) electrons. The van der Waals surface area contributed by atoms with Gasteiger partial charge in [0.15, 0.2) is 0 Å². The molecule has 0 bridgehead atoms. The van der Waals surface area contributed by atoms with Gasteiger partial charge in [-0.05, 0) is 59.4 Å². The van der Waals surface area contributed by atoms with Crippen molar-refractivity contribution in [3.63, 3.8) is 0 Å². The zero-order chi connectivity index (χ0) is 27.0. The number of carbonyl (C=O) groups is 1. The summed E-state index contributed by atoms with van der Waals surface area (Å²) in [7, 11) is 0. The monoisotopic (exact) mass is 518 g/mol. The molecule has 0 spiro atoms. The fourth-order valence-electron chi connectivity index (χ4n) is 5.31. The maximum Gasteiger partial charge on any atom is 0.410 e. The van der Waals surface area contributed by atoms with E-state index in [9.17, 15) is 14.9 Å². The Morgan fingerprint density at radius 2 is 1.87 bits per heavy atom. The van der Waals surface area contributed by atoms with E-state index in [-0.39, 0.29) is 29.3 Å². The fourth-order valence-corrected chi connectivity index (χ4v) is 5.31. The number of piperidine rings is 1. The normalized spacial score (nSPS) is 17.1. The topological polar surface area (TPSA) is 131 Å². The van der Waals surface area contributed by atoms with Crippen molar-refractivity contribution >= 4 is 28.8 Å².